The van der Waals surface area contributed by atoms with Gasteiger partial charge in [-0.25, -0.2) is 10.1 Å². The predicted octanol–water partition coefficient (Wildman–Crippen LogP) is 4.78. The van der Waals surface area contributed by atoms with Crippen molar-refractivity contribution in [2.75, 3.05) is 7.11 Å². The van der Waals surface area contributed by atoms with E-state index in [1.807, 2.05) is 54.6 Å². The summed E-state index contributed by atoms with van der Waals surface area (Å²) >= 11 is 3.43. The molecule has 0 unspecified atom stereocenters. The van der Waals surface area contributed by atoms with Gasteiger partial charge in [-0.15, -0.1) is 0 Å². The van der Waals surface area contributed by atoms with Crippen LogP contribution >= 0.6 is 15.9 Å². The second kappa shape index (κ2) is 9.49. The second-order valence-corrected chi connectivity index (χ2v) is 7.72. The molecule has 0 radical (unpaired) electrons. The number of ether oxygens (including phenoxy) is 1. The number of nitrogens with one attached hydrogen (secondary N) is 1. The maximum Gasteiger partial charge on any atom is 0.275 e. The summed E-state index contributed by atoms with van der Waals surface area (Å²) in [6.07, 6.45) is 3.15. The number of benzene rings is 3. The first kappa shape index (κ1) is 21.3. The molecule has 160 valence electrons. The third-order valence-electron chi connectivity index (χ3n) is 4.68. The van der Waals surface area contributed by atoms with Gasteiger partial charge >= 0.3 is 0 Å². The number of amides is 1. The topological polar surface area (TPSA) is 88.7 Å². The van der Waals surface area contributed by atoms with Gasteiger partial charge in [-0.05, 0) is 48.0 Å². The Labute approximate surface area is 193 Å². The highest BCUT2D eigenvalue weighted by Crippen LogP contribution is 2.26. The van der Waals surface area contributed by atoms with Crippen molar-refractivity contribution in [3.8, 4) is 28.4 Å². The SMILES string of the molecule is COc1cc(/C=N\NC(=O)c2cn(-c3ccccc3)nc2-c2ccc(Br)cc2)ccc1O. The zero-order valence-electron chi connectivity index (χ0n) is 17.1. The fourth-order valence-corrected chi connectivity index (χ4v) is 3.34. The molecule has 32 heavy (non-hydrogen) atoms. The zero-order valence-corrected chi connectivity index (χ0v) is 18.7. The van der Waals surface area contributed by atoms with Crippen LogP contribution in [0.4, 0.5) is 0 Å². The Morgan fingerprint density at radius 3 is 2.59 bits per heavy atom. The average Bonchev–Trinajstić information content (AvgIpc) is 3.27. The van der Waals surface area contributed by atoms with Gasteiger partial charge in [0.1, 0.15) is 5.69 Å². The lowest BCUT2D eigenvalue weighted by Crippen LogP contribution is -2.18. The maximum absolute atomic E-state index is 13.0. The van der Waals surface area contributed by atoms with Crippen molar-refractivity contribution in [1.29, 1.82) is 0 Å². The lowest BCUT2D eigenvalue weighted by Gasteiger charge is -2.04. The summed E-state index contributed by atoms with van der Waals surface area (Å²) in [6, 6.07) is 21.9. The largest absolute Gasteiger partial charge is 0.504 e. The lowest BCUT2D eigenvalue weighted by molar-refractivity contribution is 0.0955. The number of hydrogen-bond donors (Lipinski definition) is 2. The van der Waals surface area contributed by atoms with E-state index in [1.165, 1.54) is 19.4 Å². The molecule has 1 aromatic heterocycles. The highest BCUT2D eigenvalue weighted by atomic mass is 79.9. The molecule has 0 atom stereocenters. The van der Waals surface area contributed by atoms with E-state index >= 15 is 0 Å². The minimum Gasteiger partial charge on any atom is -0.504 e. The molecule has 0 spiro atoms. The third-order valence-corrected chi connectivity index (χ3v) is 5.21. The summed E-state index contributed by atoms with van der Waals surface area (Å²) in [5.74, 6) is -0.0461. The number of rotatable bonds is 6. The highest BCUT2D eigenvalue weighted by Gasteiger charge is 2.18. The second-order valence-electron chi connectivity index (χ2n) is 6.81. The molecule has 3 aromatic carbocycles. The smallest absolute Gasteiger partial charge is 0.275 e. The van der Waals surface area contributed by atoms with Gasteiger partial charge in [0.05, 0.1) is 24.6 Å². The summed E-state index contributed by atoms with van der Waals surface area (Å²) in [4.78, 5) is 13.0. The Morgan fingerprint density at radius 1 is 1.12 bits per heavy atom. The van der Waals surface area contributed by atoms with Crippen molar-refractivity contribution in [2.24, 2.45) is 5.10 Å². The molecule has 0 aliphatic heterocycles. The predicted molar refractivity (Wildman–Crippen MR) is 126 cm³/mol. The quantitative estimate of drug-likeness (QED) is 0.300. The van der Waals surface area contributed by atoms with Gasteiger partial charge in [0.15, 0.2) is 11.5 Å². The normalized spacial score (nSPS) is 10.9. The Balaban J connectivity index is 1.63. The minimum atomic E-state index is -0.396. The number of phenols is 1. The van der Waals surface area contributed by atoms with Crippen LogP contribution < -0.4 is 10.2 Å². The Hall–Kier alpha value is -3.91. The molecule has 0 saturated heterocycles. The molecule has 0 aliphatic carbocycles. The van der Waals surface area contributed by atoms with Crippen LogP contribution in [0.3, 0.4) is 0 Å². The van der Waals surface area contributed by atoms with Crippen LogP contribution in [0.15, 0.2) is 88.6 Å². The van der Waals surface area contributed by atoms with Crippen LogP contribution in [-0.4, -0.2) is 34.1 Å². The molecule has 1 amide bonds. The average molecular weight is 491 g/mol. The van der Waals surface area contributed by atoms with Gasteiger partial charge in [0.25, 0.3) is 5.91 Å². The number of aromatic hydroxyl groups is 1. The number of aromatic nitrogens is 2. The Morgan fingerprint density at radius 2 is 1.88 bits per heavy atom. The fraction of sp³-hybridized carbons (Fsp3) is 0.0417. The van der Waals surface area contributed by atoms with Crippen LogP contribution in [-0.2, 0) is 0 Å². The van der Waals surface area contributed by atoms with Crippen LogP contribution in [0.5, 0.6) is 11.5 Å². The standard InChI is InChI=1S/C24H19BrN4O3/c1-32-22-13-16(7-12-21(22)30)14-26-27-24(31)20-15-29(19-5-3-2-4-6-19)28-23(20)17-8-10-18(25)11-9-17/h2-15,30H,1H3,(H,27,31)/b26-14-. The van der Waals surface area contributed by atoms with Crippen molar-refractivity contribution >= 4 is 28.1 Å². The van der Waals surface area contributed by atoms with E-state index in [1.54, 1.807) is 23.0 Å². The number of hydrazone groups is 1. The molecule has 0 saturated carbocycles. The zero-order chi connectivity index (χ0) is 22.5. The summed E-state index contributed by atoms with van der Waals surface area (Å²) in [6.45, 7) is 0. The monoisotopic (exact) mass is 490 g/mol. The van der Waals surface area contributed by atoms with Crippen molar-refractivity contribution < 1.29 is 14.6 Å². The number of hydrogen-bond acceptors (Lipinski definition) is 5. The van der Waals surface area contributed by atoms with Gasteiger partial charge in [-0.1, -0.05) is 46.3 Å². The van der Waals surface area contributed by atoms with E-state index in [9.17, 15) is 9.90 Å². The number of carbonyl (C=O) groups excluding carboxylic acids is 1. The molecule has 0 fully saturated rings. The first-order valence-electron chi connectivity index (χ1n) is 9.66. The molecule has 0 bridgehead atoms. The van der Waals surface area contributed by atoms with Gasteiger partial charge in [0, 0.05) is 16.2 Å². The van der Waals surface area contributed by atoms with E-state index in [4.69, 9.17) is 4.74 Å². The van der Waals surface area contributed by atoms with Crippen molar-refractivity contribution in [3.63, 3.8) is 0 Å². The number of halogens is 1. The summed E-state index contributed by atoms with van der Waals surface area (Å²) in [5.41, 5.74) is 5.78. The number of methoxy groups -OCH3 is 1. The van der Waals surface area contributed by atoms with Crippen molar-refractivity contribution in [1.82, 2.24) is 15.2 Å². The lowest BCUT2D eigenvalue weighted by atomic mass is 10.1. The Bertz CT molecular complexity index is 1270. The van der Waals surface area contributed by atoms with E-state index in [0.717, 1.165) is 15.7 Å². The molecule has 4 rings (SSSR count). The fourth-order valence-electron chi connectivity index (χ4n) is 3.07. The van der Waals surface area contributed by atoms with Crippen LogP contribution in [0.1, 0.15) is 15.9 Å². The number of phenolic OH excluding ortho intramolecular Hbond substituents is 1. The highest BCUT2D eigenvalue weighted by molar-refractivity contribution is 9.10. The Kier molecular flexibility index (Phi) is 6.32. The van der Waals surface area contributed by atoms with Gasteiger partial charge < -0.3 is 9.84 Å². The summed E-state index contributed by atoms with van der Waals surface area (Å²) in [5, 5.41) is 18.4. The van der Waals surface area contributed by atoms with Gasteiger partial charge in [0.2, 0.25) is 0 Å². The van der Waals surface area contributed by atoms with Crippen molar-refractivity contribution in [3.05, 3.63) is 94.6 Å². The number of carbonyl (C=O) groups is 1. The van der Waals surface area contributed by atoms with Gasteiger partial charge in [-0.3, -0.25) is 4.79 Å². The van der Waals surface area contributed by atoms with Crippen LogP contribution in [0.25, 0.3) is 16.9 Å². The van der Waals surface area contributed by atoms with Crippen LogP contribution in [0.2, 0.25) is 0 Å². The first-order chi connectivity index (χ1) is 15.5. The molecule has 8 heteroatoms. The summed E-state index contributed by atoms with van der Waals surface area (Å²) < 4.78 is 7.69. The molecule has 4 aromatic rings. The number of para-hydroxylation sites is 1. The first-order valence-corrected chi connectivity index (χ1v) is 10.5. The molecule has 0 aliphatic rings. The summed E-state index contributed by atoms with van der Waals surface area (Å²) in [7, 11) is 1.46. The third kappa shape index (κ3) is 4.70. The molecular formula is C24H19BrN4O3. The van der Waals surface area contributed by atoms with Crippen LogP contribution in [0, 0.1) is 0 Å². The number of nitrogens with zero attached hydrogens (tertiary/aromatic N) is 3. The molecule has 1 heterocycles. The molecular weight excluding hydrogens is 472 g/mol. The minimum absolute atomic E-state index is 0.0288. The van der Waals surface area contributed by atoms with E-state index in [0.29, 0.717) is 22.6 Å². The maximum atomic E-state index is 13.0. The molecule has 2 N–H and O–H groups in total. The van der Waals surface area contributed by atoms with E-state index < -0.39 is 5.91 Å². The van der Waals surface area contributed by atoms with Gasteiger partial charge in [-0.2, -0.15) is 10.2 Å². The van der Waals surface area contributed by atoms with E-state index in [2.05, 4.69) is 31.6 Å². The molecule has 7 nitrogen and oxygen atoms in total. The van der Waals surface area contributed by atoms with E-state index in [-0.39, 0.29) is 5.75 Å². The van der Waals surface area contributed by atoms with Crippen molar-refractivity contribution in [2.45, 2.75) is 0 Å².